The second-order valence-electron chi connectivity index (χ2n) is 4.55. The van der Waals surface area contributed by atoms with Crippen LogP contribution < -0.4 is 0 Å². The van der Waals surface area contributed by atoms with Gasteiger partial charge < -0.3 is 4.90 Å². The largest absolute Gasteiger partial charge is 0.336 e. The fraction of sp³-hybridized carbons (Fsp3) is 0.462. The van der Waals surface area contributed by atoms with Crippen molar-refractivity contribution in [2.75, 3.05) is 12.4 Å². The van der Waals surface area contributed by atoms with Gasteiger partial charge in [0, 0.05) is 29.6 Å². The Bertz CT molecular complexity index is 506. The van der Waals surface area contributed by atoms with E-state index < -0.39 is 4.92 Å². The minimum absolute atomic E-state index is 0.0441. The minimum atomic E-state index is -0.598. The lowest BCUT2D eigenvalue weighted by Gasteiger charge is -2.26. The Morgan fingerprint density at radius 1 is 1.45 bits per heavy atom. The van der Waals surface area contributed by atoms with Gasteiger partial charge in [-0.15, -0.1) is 11.6 Å². The predicted octanol–water partition coefficient (Wildman–Crippen LogP) is 3.73. The van der Waals surface area contributed by atoms with Crippen molar-refractivity contribution in [2.24, 2.45) is 0 Å². The van der Waals surface area contributed by atoms with Gasteiger partial charge >= 0.3 is 0 Å². The molecular formula is C13H16Cl2N2O3. The number of nitro groups is 1. The van der Waals surface area contributed by atoms with Crippen LogP contribution in [0.5, 0.6) is 0 Å². The lowest BCUT2D eigenvalue weighted by Crippen LogP contribution is -2.38. The molecule has 110 valence electrons. The van der Waals surface area contributed by atoms with Crippen LogP contribution in [0.3, 0.4) is 0 Å². The van der Waals surface area contributed by atoms with Crippen molar-refractivity contribution < 1.29 is 9.72 Å². The summed E-state index contributed by atoms with van der Waals surface area (Å²) in [5.41, 5.74) is -0.235. The molecule has 0 saturated heterocycles. The molecule has 0 radical (unpaired) electrons. The summed E-state index contributed by atoms with van der Waals surface area (Å²) in [6, 6.07) is 3.98. The van der Waals surface area contributed by atoms with E-state index >= 15 is 0 Å². The normalized spacial score (nSPS) is 10.7. The third kappa shape index (κ3) is 4.08. The van der Waals surface area contributed by atoms with Crippen molar-refractivity contribution >= 4 is 34.8 Å². The van der Waals surface area contributed by atoms with Crippen LogP contribution in [-0.4, -0.2) is 34.2 Å². The average molecular weight is 319 g/mol. The molecule has 0 aromatic heterocycles. The van der Waals surface area contributed by atoms with Gasteiger partial charge in [-0.2, -0.15) is 0 Å². The fourth-order valence-electron chi connectivity index (χ4n) is 1.82. The number of halogens is 2. The first-order valence-corrected chi connectivity index (χ1v) is 7.10. The minimum Gasteiger partial charge on any atom is -0.336 e. The zero-order valence-electron chi connectivity index (χ0n) is 11.3. The van der Waals surface area contributed by atoms with Crippen LogP contribution in [-0.2, 0) is 0 Å². The maximum atomic E-state index is 12.5. The van der Waals surface area contributed by atoms with E-state index in [0.29, 0.717) is 18.8 Å². The van der Waals surface area contributed by atoms with Gasteiger partial charge in [0.25, 0.3) is 11.6 Å². The predicted molar refractivity (Wildman–Crippen MR) is 79.6 cm³/mol. The maximum Gasteiger partial charge on any atom is 0.283 e. The zero-order chi connectivity index (χ0) is 15.3. The van der Waals surface area contributed by atoms with Gasteiger partial charge in [0.1, 0.15) is 5.56 Å². The van der Waals surface area contributed by atoms with Crippen molar-refractivity contribution in [3.05, 3.63) is 38.9 Å². The van der Waals surface area contributed by atoms with E-state index in [2.05, 4.69) is 0 Å². The van der Waals surface area contributed by atoms with Crippen molar-refractivity contribution in [2.45, 2.75) is 26.3 Å². The van der Waals surface area contributed by atoms with Gasteiger partial charge in [0.15, 0.2) is 0 Å². The van der Waals surface area contributed by atoms with Gasteiger partial charge in [-0.05, 0) is 32.4 Å². The highest BCUT2D eigenvalue weighted by Crippen LogP contribution is 2.25. The molecule has 1 aromatic carbocycles. The fourth-order valence-corrected chi connectivity index (χ4v) is 2.10. The van der Waals surface area contributed by atoms with Gasteiger partial charge in [0.05, 0.1) is 4.92 Å². The highest BCUT2D eigenvalue weighted by Gasteiger charge is 2.26. The van der Waals surface area contributed by atoms with Crippen molar-refractivity contribution in [3.8, 4) is 0 Å². The Labute approximate surface area is 127 Å². The van der Waals surface area contributed by atoms with Gasteiger partial charge in [-0.3, -0.25) is 14.9 Å². The van der Waals surface area contributed by atoms with E-state index in [0.717, 1.165) is 0 Å². The molecule has 0 fully saturated rings. The smallest absolute Gasteiger partial charge is 0.283 e. The van der Waals surface area contributed by atoms with E-state index in [1.165, 1.54) is 18.2 Å². The standard InChI is InChI=1S/C13H16Cl2N2O3/c1-9(2)16(7-3-6-14)13(18)11-5-4-10(15)8-12(11)17(19)20/h4-5,8-9H,3,6-7H2,1-2H3. The molecule has 1 rings (SSSR count). The number of amides is 1. The molecule has 0 bridgehead atoms. The van der Waals surface area contributed by atoms with Crippen LogP contribution in [0, 0.1) is 10.1 Å². The molecular weight excluding hydrogens is 303 g/mol. The number of alkyl halides is 1. The molecule has 0 spiro atoms. The molecule has 0 aliphatic heterocycles. The summed E-state index contributed by atoms with van der Waals surface area (Å²) >= 11 is 11.4. The number of benzene rings is 1. The molecule has 0 aliphatic rings. The summed E-state index contributed by atoms with van der Waals surface area (Å²) in [5.74, 6) is 0.0487. The summed E-state index contributed by atoms with van der Waals surface area (Å²) in [4.78, 5) is 24.5. The summed E-state index contributed by atoms with van der Waals surface area (Å²) in [5, 5.41) is 11.3. The monoisotopic (exact) mass is 318 g/mol. The second-order valence-corrected chi connectivity index (χ2v) is 5.37. The number of hydrogen-bond acceptors (Lipinski definition) is 3. The third-order valence-corrected chi connectivity index (χ3v) is 3.31. The van der Waals surface area contributed by atoms with Crippen LogP contribution in [0.1, 0.15) is 30.6 Å². The Balaban J connectivity index is 3.14. The van der Waals surface area contributed by atoms with E-state index in [-0.39, 0.29) is 28.2 Å². The molecule has 1 aromatic rings. The second kappa shape index (κ2) is 7.45. The van der Waals surface area contributed by atoms with E-state index in [1.807, 2.05) is 13.8 Å². The van der Waals surface area contributed by atoms with Crippen LogP contribution in [0.25, 0.3) is 0 Å². The van der Waals surface area contributed by atoms with Gasteiger partial charge in [-0.25, -0.2) is 0 Å². The topological polar surface area (TPSA) is 63.5 Å². The summed E-state index contributed by atoms with van der Waals surface area (Å²) in [7, 11) is 0. The van der Waals surface area contributed by atoms with E-state index in [1.54, 1.807) is 4.90 Å². The molecule has 5 nitrogen and oxygen atoms in total. The number of carbonyl (C=O) groups excluding carboxylic acids is 1. The van der Waals surface area contributed by atoms with Crippen LogP contribution >= 0.6 is 23.2 Å². The average Bonchev–Trinajstić information content (AvgIpc) is 2.38. The molecule has 0 saturated carbocycles. The molecule has 0 aliphatic carbocycles. The van der Waals surface area contributed by atoms with E-state index in [4.69, 9.17) is 23.2 Å². The first-order chi connectivity index (χ1) is 9.38. The van der Waals surface area contributed by atoms with Crippen LogP contribution in [0.2, 0.25) is 5.02 Å². The van der Waals surface area contributed by atoms with Crippen LogP contribution in [0.4, 0.5) is 5.69 Å². The Morgan fingerprint density at radius 2 is 2.10 bits per heavy atom. The van der Waals surface area contributed by atoms with Crippen molar-refractivity contribution in [1.82, 2.24) is 4.90 Å². The lowest BCUT2D eigenvalue weighted by atomic mass is 10.1. The van der Waals surface area contributed by atoms with Crippen LogP contribution in [0.15, 0.2) is 18.2 Å². The first-order valence-electron chi connectivity index (χ1n) is 6.19. The molecule has 7 heteroatoms. The van der Waals surface area contributed by atoms with E-state index in [9.17, 15) is 14.9 Å². The first kappa shape index (κ1) is 16.7. The highest BCUT2D eigenvalue weighted by molar-refractivity contribution is 6.31. The Kier molecular flexibility index (Phi) is 6.23. The van der Waals surface area contributed by atoms with Gasteiger partial charge in [0.2, 0.25) is 0 Å². The van der Waals surface area contributed by atoms with Crippen molar-refractivity contribution in [1.29, 1.82) is 0 Å². The van der Waals surface area contributed by atoms with Gasteiger partial charge in [-0.1, -0.05) is 11.6 Å². The molecule has 0 unspecified atom stereocenters. The molecule has 1 amide bonds. The number of rotatable bonds is 6. The summed E-state index contributed by atoms with van der Waals surface area (Å²) in [6.45, 7) is 4.17. The highest BCUT2D eigenvalue weighted by atomic mass is 35.5. The number of carbonyl (C=O) groups is 1. The lowest BCUT2D eigenvalue weighted by molar-refractivity contribution is -0.385. The quantitative estimate of drug-likeness (QED) is 0.456. The Hall–Kier alpha value is -1.33. The zero-order valence-corrected chi connectivity index (χ0v) is 12.8. The number of hydrogen-bond donors (Lipinski definition) is 0. The third-order valence-electron chi connectivity index (χ3n) is 2.80. The SMILES string of the molecule is CC(C)N(CCCCl)C(=O)c1ccc(Cl)cc1[N+](=O)[O-]. The molecule has 0 N–H and O–H groups in total. The number of nitrogens with zero attached hydrogens (tertiary/aromatic N) is 2. The molecule has 20 heavy (non-hydrogen) atoms. The summed E-state index contributed by atoms with van der Waals surface area (Å²) < 4.78 is 0. The summed E-state index contributed by atoms with van der Waals surface area (Å²) in [6.07, 6.45) is 0.632. The molecule has 0 heterocycles. The maximum absolute atomic E-state index is 12.5. The number of nitro benzene ring substituents is 1. The van der Waals surface area contributed by atoms with Crippen molar-refractivity contribution in [3.63, 3.8) is 0 Å². The Morgan fingerprint density at radius 3 is 2.60 bits per heavy atom. The molecule has 0 atom stereocenters.